The van der Waals surface area contributed by atoms with Crippen LogP contribution in [0.5, 0.6) is 0 Å². The number of aliphatic hydroxyl groups is 1. The summed E-state index contributed by atoms with van der Waals surface area (Å²) in [5, 5.41) is 11.1. The van der Waals surface area contributed by atoms with E-state index in [0.717, 1.165) is 24.8 Å². The molecular formula is C20H27O6P. The lowest BCUT2D eigenvalue weighted by molar-refractivity contribution is -0.134. The summed E-state index contributed by atoms with van der Waals surface area (Å²) in [5.74, 6) is -0.427. The highest BCUT2D eigenvalue weighted by Crippen LogP contribution is 2.67. The molecule has 0 spiro atoms. The van der Waals surface area contributed by atoms with Gasteiger partial charge in [-0.2, -0.15) is 0 Å². The summed E-state index contributed by atoms with van der Waals surface area (Å²) in [6.07, 6.45) is 7.74. The van der Waals surface area contributed by atoms with E-state index >= 15 is 0 Å². The Morgan fingerprint density at radius 3 is 2.59 bits per heavy atom. The van der Waals surface area contributed by atoms with Crippen LogP contribution in [-0.4, -0.2) is 32.3 Å². The molecule has 148 valence electrons. The van der Waals surface area contributed by atoms with Crippen molar-refractivity contribution >= 4 is 18.9 Å². The van der Waals surface area contributed by atoms with Crippen LogP contribution in [0.25, 0.3) is 0 Å². The first-order valence-electron chi connectivity index (χ1n) is 9.71. The predicted molar refractivity (Wildman–Crippen MR) is 98.5 cm³/mol. The van der Waals surface area contributed by atoms with Crippen molar-refractivity contribution in [1.82, 2.24) is 0 Å². The van der Waals surface area contributed by atoms with Crippen LogP contribution in [0.2, 0.25) is 0 Å². The van der Waals surface area contributed by atoms with Gasteiger partial charge < -0.3 is 14.9 Å². The molecule has 7 heteroatoms. The van der Waals surface area contributed by atoms with E-state index in [0.29, 0.717) is 12.8 Å². The van der Waals surface area contributed by atoms with Crippen LogP contribution in [0.3, 0.4) is 0 Å². The van der Waals surface area contributed by atoms with Crippen LogP contribution in [0.4, 0.5) is 0 Å². The van der Waals surface area contributed by atoms with Crippen LogP contribution in [0, 0.1) is 34.5 Å². The van der Waals surface area contributed by atoms with Crippen molar-refractivity contribution < 1.29 is 29.0 Å². The van der Waals surface area contributed by atoms with E-state index in [1.54, 1.807) is 12.2 Å². The number of carbonyl (C=O) groups excluding carboxylic acids is 2. The third-order valence-electron chi connectivity index (χ3n) is 8.08. The summed E-state index contributed by atoms with van der Waals surface area (Å²) < 4.78 is 11.6. The fraction of sp³-hybridized carbons (Fsp3) is 0.700. The molecule has 3 fully saturated rings. The average Bonchev–Trinajstić information content (AvgIpc) is 2.90. The maximum Gasteiger partial charge on any atom is 0.391 e. The Labute approximate surface area is 158 Å². The number of hydrogen-bond donors (Lipinski definition) is 3. The van der Waals surface area contributed by atoms with E-state index in [4.69, 9.17) is 0 Å². The zero-order valence-electron chi connectivity index (χ0n) is 15.7. The number of rotatable bonds is 2. The van der Waals surface area contributed by atoms with Gasteiger partial charge in [0.1, 0.15) is 0 Å². The third-order valence-corrected chi connectivity index (χ3v) is 8.96. The normalized spacial score (nSPS) is 46.3. The zero-order valence-corrected chi connectivity index (χ0v) is 16.6. The summed E-state index contributed by atoms with van der Waals surface area (Å²) in [4.78, 5) is 43.1. The lowest BCUT2D eigenvalue weighted by Gasteiger charge is -2.58. The maximum atomic E-state index is 12.4. The molecule has 4 rings (SSSR count). The van der Waals surface area contributed by atoms with Crippen molar-refractivity contribution in [2.75, 3.05) is 0 Å². The van der Waals surface area contributed by atoms with Gasteiger partial charge in [0.25, 0.3) is 0 Å². The Balaban J connectivity index is 1.71. The molecule has 3 N–H and O–H groups in total. The number of aliphatic hydroxyl groups excluding tert-OH is 1. The van der Waals surface area contributed by atoms with Crippen molar-refractivity contribution in [1.29, 1.82) is 0 Å². The molecule has 4 aliphatic carbocycles. The van der Waals surface area contributed by atoms with Gasteiger partial charge in [-0.15, -0.1) is 0 Å². The van der Waals surface area contributed by atoms with Gasteiger partial charge in [-0.1, -0.05) is 25.5 Å². The minimum atomic E-state index is -4.79. The van der Waals surface area contributed by atoms with Gasteiger partial charge in [0, 0.05) is 17.3 Å². The molecule has 0 radical (unpaired) electrons. The maximum absolute atomic E-state index is 12.4. The summed E-state index contributed by atoms with van der Waals surface area (Å²) in [5.41, 5.74) is -0.864. The summed E-state index contributed by atoms with van der Waals surface area (Å²) in [6, 6.07) is 0. The van der Waals surface area contributed by atoms with E-state index in [-0.39, 0.29) is 29.0 Å². The Bertz CT molecular complexity index is 809. The second-order valence-corrected chi connectivity index (χ2v) is 10.8. The lowest BCUT2D eigenvalue weighted by Crippen LogP contribution is -2.56. The molecule has 0 heterocycles. The number of fused-ring (bicyclic) bond motifs is 5. The lowest BCUT2D eigenvalue weighted by atomic mass is 9.47. The second kappa shape index (κ2) is 5.96. The topological polar surface area (TPSA) is 112 Å². The van der Waals surface area contributed by atoms with Gasteiger partial charge in [0.05, 0.1) is 6.10 Å². The number of hydrogen-bond acceptors (Lipinski definition) is 4. The van der Waals surface area contributed by atoms with E-state index < -0.39 is 30.6 Å². The minimum Gasteiger partial charge on any atom is -0.393 e. The quantitative estimate of drug-likeness (QED) is 0.621. The fourth-order valence-electron chi connectivity index (χ4n) is 6.93. The van der Waals surface area contributed by atoms with E-state index in [2.05, 4.69) is 6.92 Å². The van der Waals surface area contributed by atoms with Gasteiger partial charge in [-0.3, -0.25) is 14.2 Å². The molecule has 0 amide bonds. The summed E-state index contributed by atoms with van der Waals surface area (Å²) >= 11 is 0. The average molecular weight is 394 g/mol. The molecule has 3 saturated carbocycles. The summed E-state index contributed by atoms with van der Waals surface area (Å²) in [7, 11) is -4.79. The highest BCUT2D eigenvalue weighted by molar-refractivity contribution is 7.70. The standard InChI is InChI=1S/C20H27O6P/c1-19-8-7-12(21)9-11(19)3-4-13-14-5-6-15(18(23)27(24,25)26)20(14,2)10-16(22)17(13)19/h7-9,13-17,22H,3-6,10H2,1-2H3,(H2,24,25,26)/t13-,14?,15+,16-,17?,19-,20-/m0/s1. The summed E-state index contributed by atoms with van der Waals surface area (Å²) in [6.45, 7) is 4.01. The monoisotopic (exact) mass is 394 g/mol. The molecule has 6 nitrogen and oxygen atoms in total. The Kier molecular flexibility index (Phi) is 4.25. The molecule has 0 bridgehead atoms. The number of ketones is 1. The largest absolute Gasteiger partial charge is 0.393 e. The Morgan fingerprint density at radius 2 is 1.93 bits per heavy atom. The van der Waals surface area contributed by atoms with Gasteiger partial charge in [0.2, 0.25) is 5.52 Å². The molecule has 0 saturated heterocycles. The molecule has 7 atom stereocenters. The molecule has 0 aliphatic heterocycles. The van der Waals surface area contributed by atoms with Gasteiger partial charge in [0.15, 0.2) is 5.78 Å². The SMILES string of the molecule is C[C@]12C=CC(=O)C=C1CC[C@@H]1C2[C@@H](O)C[C@@]2(C)C1CC[C@@H]2C(=O)P(=O)(O)O. The zero-order chi connectivity index (χ0) is 19.8. The van der Waals surface area contributed by atoms with Crippen LogP contribution in [0.1, 0.15) is 46.0 Å². The van der Waals surface area contributed by atoms with Gasteiger partial charge in [-0.25, -0.2) is 0 Å². The minimum absolute atomic E-state index is 0.00997. The van der Waals surface area contributed by atoms with Crippen molar-refractivity contribution in [3.63, 3.8) is 0 Å². The van der Waals surface area contributed by atoms with Crippen LogP contribution < -0.4 is 0 Å². The number of carbonyl (C=O) groups is 2. The predicted octanol–water partition coefficient (Wildman–Crippen LogP) is 2.59. The first-order valence-corrected chi connectivity index (χ1v) is 11.3. The van der Waals surface area contributed by atoms with Gasteiger partial charge >= 0.3 is 7.60 Å². The third kappa shape index (κ3) is 2.68. The van der Waals surface area contributed by atoms with Crippen molar-refractivity contribution in [3.05, 3.63) is 23.8 Å². The molecule has 0 aromatic carbocycles. The van der Waals surface area contributed by atoms with Crippen LogP contribution >= 0.6 is 7.60 Å². The van der Waals surface area contributed by atoms with E-state index in [1.165, 1.54) is 0 Å². The van der Waals surface area contributed by atoms with E-state index in [9.17, 15) is 29.0 Å². The van der Waals surface area contributed by atoms with Crippen molar-refractivity contribution in [2.45, 2.75) is 52.1 Å². The second-order valence-electron chi connectivity index (χ2n) is 9.31. The first-order chi connectivity index (χ1) is 12.5. The molecule has 2 unspecified atom stereocenters. The molecule has 4 aliphatic rings. The molecule has 0 aromatic rings. The van der Waals surface area contributed by atoms with Crippen LogP contribution in [-0.2, 0) is 14.2 Å². The first kappa shape index (κ1) is 19.3. The number of allylic oxidation sites excluding steroid dienone is 4. The van der Waals surface area contributed by atoms with Crippen LogP contribution in [0.15, 0.2) is 23.8 Å². The van der Waals surface area contributed by atoms with Crippen molar-refractivity contribution in [3.8, 4) is 0 Å². The van der Waals surface area contributed by atoms with Crippen molar-refractivity contribution in [2.24, 2.45) is 34.5 Å². The molecular weight excluding hydrogens is 367 g/mol. The smallest absolute Gasteiger partial charge is 0.391 e. The molecule has 27 heavy (non-hydrogen) atoms. The molecule has 0 aromatic heterocycles. The highest BCUT2D eigenvalue weighted by Gasteiger charge is 2.63. The Morgan fingerprint density at radius 1 is 1.22 bits per heavy atom. The van der Waals surface area contributed by atoms with E-state index in [1.807, 2.05) is 13.0 Å². The highest BCUT2D eigenvalue weighted by atomic mass is 31.2. The fourth-order valence-corrected chi connectivity index (χ4v) is 7.76. The van der Waals surface area contributed by atoms with Gasteiger partial charge in [-0.05, 0) is 61.5 Å². The Hall–Kier alpha value is -1.07.